The van der Waals surface area contributed by atoms with Crippen LogP contribution in [0.25, 0.3) is 0 Å². The number of hydrogen-bond donors (Lipinski definition) is 0. The quantitative estimate of drug-likeness (QED) is 0.556. The Balaban J connectivity index is 2.59. The van der Waals surface area contributed by atoms with E-state index in [4.69, 9.17) is 0 Å². The molecule has 0 aliphatic heterocycles. The average molecular weight is 237 g/mol. The summed E-state index contributed by atoms with van der Waals surface area (Å²) in [4.78, 5) is 22.8. The number of ketones is 1. The number of hydrogen-bond acceptors (Lipinski definition) is 4. The van der Waals surface area contributed by atoms with Crippen LogP contribution in [0.1, 0.15) is 30.1 Å². The number of benzene rings is 1. The molecule has 0 aliphatic carbocycles. The van der Waals surface area contributed by atoms with Crippen LogP contribution in [0.2, 0.25) is 0 Å². The van der Waals surface area contributed by atoms with Crippen molar-refractivity contribution in [2.75, 3.05) is 5.75 Å². The Morgan fingerprint density at radius 3 is 2.31 bits per heavy atom. The molecule has 0 saturated carbocycles. The molecule has 86 valence electrons. The van der Waals surface area contributed by atoms with E-state index < -0.39 is 5.97 Å². The van der Waals surface area contributed by atoms with Crippen molar-refractivity contribution in [1.82, 2.24) is 0 Å². The molecule has 16 heavy (non-hydrogen) atoms. The Kier molecular flexibility index (Phi) is 5.05. The smallest absolute Gasteiger partial charge is 0.163 e. The zero-order chi connectivity index (χ0) is 12.0. The first-order valence-electron chi connectivity index (χ1n) is 5.09. The van der Waals surface area contributed by atoms with E-state index in [1.807, 2.05) is 12.1 Å². The molecule has 1 aromatic carbocycles. The average Bonchev–Trinajstić information content (AvgIpc) is 2.27. The Morgan fingerprint density at radius 2 is 1.81 bits per heavy atom. The van der Waals surface area contributed by atoms with E-state index in [-0.39, 0.29) is 18.6 Å². The van der Waals surface area contributed by atoms with Gasteiger partial charge in [0.1, 0.15) is 0 Å². The van der Waals surface area contributed by atoms with E-state index in [2.05, 4.69) is 6.92 Å². The van der Waals surface area contributed by atoms with Gasteiger partial charge in [-0.25, -0.2) is 0 Å². The van der Waals surface area contributed by atoms with Crippen LogP contribution >= 0.6 is 11.8 Å². The fraction of sp³-hybridized carbons (Fsp3) is 0.333. The number of carboxylic acid groups (broad SMARTS) is 1. The third kappa shape index (κ3) is 4.06. The summed E-state index contributed by atoms with van der Waals surface area (Å²) < 4.78 is 0. The minimum Gasteiger partial charge on any atom is -0.550 e. The molecule has 3 nitrogen and oxygen atoms in total. The van der Waals surface area contributed by atoms with Crippen molar-refractivity contribution in [3.63, 3.8) is 0 Å². The summed E-state index contributed by atoms with van der Waals surface area (Å²) in [6.07, 6.45) is -0.215. The van der Waals surface area contributed by atoms with Crippen molar-refractivity contribution in [3.05, 3.63) is 29.8 Å². The van der Waals surface area contributed by atoms with Crippen LogP contribution in [-0.2, 0) is 4.79 Å². The van der Waals surface area contributed by atoms with Gasteiger partial charge in [0.05, 0.1) is 0 Å². The molecule has 1 aromatic rings. The van der Waals surface area contributed by atoms with Crippen molar-refractivity contribution in [2.24, 2.45) is 0 Å². The number of aliphatic carboxylic acids is 1. The van der Waals surface area contributed by atoms with Crippen LogP contribution < -0.4 is 5.11 Å². The minimum atomic E-state index is -1.19. The maximum atomic E-state index is 11.5. The zero-order valence-corrected chi connectivity index (χ0v) is 9.88. The van der Waals surface area contributed by atoms with Crippen molar-refractivity contribution in [2.45, 2.75) is 24.7 Å². The maximum absolute atomic E-state index is 11.5. The first-order chi connectivity index (χ1) is 7.63. The van der Waals surface area contributed by atoms with Gasteiger partial charge in [0, 0.05) is 22.8 Å². The Morgan fingerprint density at radius 1 is 1.19 bits per heavy atom. The van der Waals surface area contributed by atoms with E-state index in [1.54, 1.807) is 23.9 Å². The molecule has 0 bridgehead atoms. The van der Waals surface area contributed by atoms with Crippen LogP contribution in [-0.4, -0.2) is 17.5 Å². The highest BCUT2D eigenvalue weighted by atomic mass is 32.2. The minimum absolute atomic E-state index is 0.00258. The molecule has 0 atom stereocenters. The highest BCUT2D eigenvalue weighted by Gasteiger charge is 2.05. The molecular formula is C12H13O3S-. The normalized spacial score (nSPS) is 10.1. The van der Waals surface area contributed by atoms with E-state index in [9.17, 15) is 14.7 Å². The molecule has 0 saturated heterocycles. The van der Waals surface area contributed by atoms with Gasteiger partial charge < -0.3 is 9.90 Å². The molecule has 0 aliphatic rings. The van der Waals surface area contributed by atoms with E-state index in [0.717, 1.165) is 10.6 Å². The molecule has 0 N–H and O–H groups in total. The monoisotopic (exact) mass is 237 g/mol. The van der Waals surface area contributed by atoms with Gasteiger partial charge in [-0.15, -0.1) is 11.8 Å². The summed E-state index contributed by atoms with van der Waals surface area (Å²) in [5, 5.41) is 10.2. The van der Waals surface area contributed by atoms with Crippen molar-refractivity contribution < 1.29 is 14.7 Å². The van der Waals surface area contributed by atoms with Crippen molar-refractivity contribution in [1.29, 1.82) is 0 Å². The van der Waals surface area contributed by atoms with Crippen LogP contribution in [0.5, 0.6) is 0 Å². The second-order valence-corrected chi connectivity index (χ2v) is 4.59. The molecule has 0 spiro atoms. The first kappa shape index (κ1) is 12.8. The second kappa shape index (κ2) is 6.33. The van der Waals surface area contributed by atoms with E-state index in [0.29, 0.717) is 5.56 Å². The summed E-state index contributed by atoms with van der Waals surface area (Å²) in [6, 6.07) is 7.21. The Bertz CT molecular complexity index is 370. The molecule has 0 heterocycles. The molecule has 0 aromatic heterocycles. The third-order valence-corrected chi connectivity index (χ3v) is 2.94. The number of carbonyl (C=O) groups is 2. The first-order valence-corrected chi connectivity index (χ1v) is 6.08. The molecule has 0 unspecified atom stereocenters. The molecular weight excluding hydrogens is 224 g/mol. The second-order valence-electron chi connectivity index (χ2n) is 3.25. The van der Waals surface area contributed by atoms with Crippen LogP contribution in [0.15, 0.2) is 29.2 Å². The van der Waals surface area contributed by atoms with E-state index >= 15 is 0 Å². The van der Waals surface area contributed by atoms with Crippen LogP contribution in [0, 0.1) is 0 Å². The Labute approximate surface area is 98.9 Å². The lowest BCUT2D eigenvalue weighted by Crippen LogP contribution is -2.22. The lowest BCUT2D eigenvalue weighted by molar-refractivity contribution is -0.305. The number of Topliss-reactive ketones (excluding diaryl/α,β-unsaturated/α-hetero) is 1. The van der Waals surface area contributed by atoms with Gasteiger partial charge >= 0.3 is 0 Å². The van der Waals surface area contributed by atoms with Gasteiger partial charge in [0.25, 0.3) is 0 Å². The highest BCUT2D eigenvalue weighted by molar-refractivity contribution is 7.99. The standard InChI is InChI=1S/C12H14O3S/c1-2-16-10-5-3-9(4-6-10)11(13)7-8-12(14)15/h3-6H,2,7-8H2,1H3,(H,14,15)/p-1. The summed E-state index contributed by atoms with van der Waals surface area (Å²) in [5.41, 5.74) is 0.557. The van der Waals surface area contributed by atoms with Gasteiger partial charge in [-0.2, -0.15) is 0 Å². The predicted molar refractivity (Wildman–Crippen MR) is 61.4 cm³/mol. The van der Waals surface area contributed by atoms with Crippen LogP contribution in [0.3, 0.4) is 0 Å². The summed E-state index contributed by atoms with van der Waals surface area (Å²) in [7, 11) is 0. The maximum Gasteiger partial charge on any atom is 0.163 e. The zero-order valence-electron chi connectivity index (χ0n) is 9.06. The third-order valence-electron chi connectivity index (χ3n) is 2.04. The van der Waals surface area contributed by atoms with Crippen LogP contribution in [0.4, 0.5) is 0 Å². The van der Waals surface area contributed by atoms with Gasteiger partial charge in [-0.05, 0) is 24.3 Å². The number of carbonyl (C=O) groups excluding carboxylic acids is 2. The fourth-order valence-corrected chi connectivity index (χ4v) is 1.93. The number of rotatable bonds is 6. The summed E-state index contributed by atoms with van der Waals surface area (Å²) in [5.74, 6) is -0.360. The SMILES string of the molecule is CCSc1ccc(C(=O)CCC(=O)[O-])cc1. The lowest BCUT2D eigenvalue weighted by atomic mass is 10.1. The highest BCUT2D eigenvalue weighted by Crippen LogP contribution is 2.18. The largest absolute Gasteiger partial charge is 0.550 e. The molecule has 4 heteroatoms. The van der Waals surface area contributed by atoms with Crippen molar-refractivity contribution >= 4 is 23.5 Å². The summed E-state index contributed by atoms with van der Waals surface area (Å²) in [6.45, 7) is 2.06. The summed E-state index contributed by atoms with van der Waals surface area (Å²) >= 11 is 1.70. The topological polar surface area (TPSA) is 57.2 Å². The van der Waals surface area contributed by atoms with Gasteiger partial charge in [-0.3, -0.25) is 4.79 Å². The molecule has 0 radical (unpaired) electrons. The predicted octanol–water partition coefficient (Wildman–Crippen LogP) is 1.51. The Hall–Kier alpha value is -1.29. The lowest BCUT2D eigenvalue weighted by Gasteiger charge is -2.03. The molecule has 0 amide bonds. The van der Waals surface area contributed by atoms with E-state index in [1.165, 1.54) is 0 Å². The molecule has 1 rings (SSSR count). The number of thioether (sulfide) groups is 1. The van der Waals surface area contributed by atoms with Crippen molar-refractivity contribution in [3.8, 4) is 0 Å². The number of carboxylic acids is 1. The van der Waals surface area contributed by atoms with Gasteiger partial charge in [0.2, 0.25) is 0 Å². The van der Waals surface area contributed by atoms with Gasteiger partial charge in [0.15, 0.2) is 5.78 Å². The molecule has 0 fully saturated rings. The fourth-order valence-electron chi connectivity index (χ4n) is 1.26. The van der Waals surface area contributed by atoms with Gasteiger partial charge in [-0.1, -0.05) is 19.1 Å².